The van der Waals surface area contributed by atoms with E-state index in [2.05, 4.69) is 15.6 Å². The Labute approximate surface area is 154 Å². The Balaban J connectivity index is 1.73. The molecule has 0 unspecified atom stereocenters. The lowest BCUT2D eigenvalue weighted by atomic mass is 10.1. The fourth-order valence-electron chi connectivity index (χ4n) is 2.36. The molecule has 1 aromatic carbocycles. The highest BCUT2D eigenvalue weighted by molar-refractivity contribution is 7.12. The maximum atomic E-state index is 12.5. The molecule has 0 spiro atoms. The number of para-hydroxylation sites is 1. The Bertz CT molecular complexity index is 939. The third kappa shape index (κ3) is 3.89. The van der Waals surface area contributed by atoms with Gasteiger partial charge in [-0.25, -0.2) is 4.98 Å². The maximum absolute atomic E-state index is 12.5. The molecule has 6 nitrogen and oxygen atoms in total. The number of nitrogens with zero attached hydrogens (tertiary/aromatic N) is 1. The molecule has 0 saturated carbocycles. The van der Waals surface area contributed by atoms with E-state index < -0.39 is 0 Å². The Morgan fingerprint density at radius 3 is 2.58 bits per heavy atom. The van der Waals surface area contributed by atoms with Crippen molar-refractivity contribution in [1.82, 2.24) is 4.98 Å². The Morgan fingerprint density at radius 1 is 1.08 bits per heavy atom. The van der Waals surface area contributed by atoms with Crippen LogP contribution in [0.4, 0.5) is 11.5 Å². The van der Waals surface area contributed by atoms with Crippen molar-refractivity contribution in [3.63, 3.8) is 0 Å². The van der Waals surface area contributed by atoms with E-state index in [1.54, 1.807) is 36.4 Å². The van der Waals surface area contributed by atoms with Gasteiger partial charge in [0.15, 0.2) is 0 Å². The lowest BCUT2D eigenvalue weighted by molar-refractivity contribution is 0.101. The van der Waals surface area contributed by atoms with Crippen molar-refractivity contribution in [2.45, 2.75) is 6.92 Å². The number of pyridine rings is 1. The average Bonchev–Trinajstić information content (AvgIpc) is 3.18. The summed E-state index contributed by atoms with van der Waals surface area (Å²) in [6.45, 7) is 1.83. The first-order valence-corrected chi connectivity index (χ1v) is 8.72. The van der Waals surface area contributed by atoms with Crippen LogP contribution in [-0.4, -0.2) is 23.9 Å². The summed E-state index contributed by atoms with van der Waals surface area (Å²) in [6.07, 6.45) is 1.52. The van der Waals surface area contributed by atoms with Crippen molar-refractivity contribution >= 4 is 34.7 Å². The number of thiophene rings is 1. The normalized spacial score (nSPS) is 10.2. The van der Waals surface area contributed by atoms with Crippen molar-refractivity contribution in [3.8, 4) is 5.75 Å². The first-order chi connectivity index (χ1) is 12.6. The van der Waals surface area contributed by atoms with Gasteiger partial charge in [0, 0.05) is 0 Å². The van der Waals surface area contributed by atoms with Crippen molar-refractivity contribution in [2.24, 2.45) is 0 Å². The zero-order chi connectivity index (χ0) is 18.5. The number of aromatic nitrogens is 1. The van der Waals surface area contributed by atoms with Crippen LogP contribution in [0.3, 0.4) is 0 Å². The van der Waals surface area contributed by atoms with Gasteiger partial charge in [-0.1, -0.05) is 18.2 Å². The molecular formula is C19H17N3O3S. The summed E-state index contributed by atoms with van der Waals surface area (Å²) >= 11 is 1.36. The molecule has 0 saturated heterocycles. The molecular weight excluding hydrogens is 350 g/mol. The second-order valence-corrected chi connectivity index (χ2v) is 6.42. The van der Waals surface area contributed by atoms with Crippen molar-refractivity contribution in [3.05, 3.63) is 70.0 Å². The van der Waals surface area contributed by atoms with Gasteiger partial charge in [-0.3, -0.25) is 9.59 Å². The van der Waals surface area contributed by atoms with Crippen LogP contribution in [-0.2, 0) is 0 Å². The minimum atomic E-state index is -0.289. The maximum Gasteiger partial charge on any atom is 0.266 e. The topological polar surface area (TPSA) is 80.3 Å². The fraction of sp³-hybridized carbons (Fsp3) is 0.105. The highest BCUT2D eigenvalue weighted by atomic mass is 32.1. The third-order valence-electron chi connectivity index (χ3n) is 3.70. The van der Waals surface area contributed by atoms with Gasteiger partial charge in [0.2, 0.25) is 0 Å². The van der Waals surface area contributed by atoms with E-state index in [0.717, 1.165) is 5.56 Å². The Hall–Kier alpha value is -3.19. The van der Waals surface area contributed by atoms with Gasteiger partial charge >= 0.3 is 0 Å². The molecule has 0 atom stereocenters. The summed E-state index contributed by atoms with van der Waals surface area (Å²) in [5.74, 6) is 0.423. The summed E-state index contributed by atoms with van der Waals surface area (Å²) < 4.78 is 5.21. The van der Waals surface area contributed by atoms with Gasteiger partial charge in [0.25, 0.3) is 11.8 Å². The standard InChI is InChI=1S/C19H17N3O3S/c1-12-10-17(22-19(24)16-8-5-9-26-16)20-11-14(12)21-18(23)13-6-3-4-7-15(13)25-2/h3-11H,1-2H3,(H,21,23)(H,20,22,24). The van der Waals surface area contributed by atoms with E-state index in [-0.39, 0.29) is 11.8 Å². The van der Waals surface area contributed by atoms with E-state index in [0.29, 0.717) is 27.7 Å². The zero-order valence-electron chi connectivity index (χ0n) is 14.3. The predicted molar refractivity (Wildman–Crippen MR) is 102 cm³/mol. The molecule has 0 radical (unpaired) electrons. The van der Waals surface area contributed by atoms with E-state index in [9.17, 15) is 9.59 Å². The van der Waals surface area contributed by atoms with Crippen molar-refractivity contribution < 1.29 is 14.3 Å². The molecule has 0 bridgehead atoms. The summed E-state index contributed by atoms with van der Waals surface area (Å²) in [5, 5.41) is 7.40. The second-order valence-electron chi connectivity index (χ2n) is 5.47. The van der Waals surface area contributed by atoms with Gasteiger partial charge in [-0.15, -0.1) is 11.3 Å². The van der Waals surface area contributed by atoms with Crippen molar-refractivity contribution in [1.29, 1.82) is 0 Å². The third-order valence-corrected chi connectivity index (χ3v) is 4.57. The van der Waals surface area contributed by atoms with Gasteiger partial charge in [-0.2, -0.15) is 0 Å². The van der Waals surface area contributed by atoms with Crippen LogP contribution < -0.4 is 15.4 Å². The van der Waals surface area contributed by atoms with E-state index in [1.165, 1.54) is 24.6 Å². The van der Waals surface area contributed by atoms with Crippen molar-refractivity contribution in [2.75, 3.05) is 17.7 Å². The van der Waals surface area contributed by atoms with Crippen LogP contribution in [0.15, 0.2) is 54.0 Å². The summed E-state index contributed by atoms with van der Waals surface area (Å²) in [7, 11) is 1.52. The van der Waals surface area contributed by atoms with E-state index >= 15 is 0 Å². The quantitative estimate of drug-likeness (QED) is 0.715. The number of aryl methyl sites for hydroxylation is 1. The Kier molecular flexibility index (Phi) is 5.28. The number of ether oxygens (including phenoxy) is 1. The molecule has 0 aliphatic rings. The number of benzene rings is 1. The number of amides is 2. The highest BCUT2D eigenvalue weighted by Gasteiger charge is 2.14. The van der Waals surface area contributed by atoms with Gasteiger partial charge < -0.3 is 15.4 Å². The molecule has 26 heavy (non-hydrogen) atoms. The molecule has 7 heteroatoms. The highest BCUT2D eigenvalue weighted by Crippen LogP contribution is 2.22. The lowest BCUT2D eigenvalue weighted by Crippen LogP contribution is -2.15. The van der Waals surface area contributed by atoms with Crippen LogP contribution in [0.5, 0.6) is 5.75 Å². The van der Waals surface area contributed by atoms with Crippen LogP contribution in [0.2, 0.25) is 0 Å². The van der Waals surface area contributed by atoms with Crippen LogP contribution in [0.25, 0.3) is 0 Å². The van der Waals surface area contributed by atoms with Gasteiger partial charge in [0.05, 0.1) is 29.4 Å². The monoisotopic (exact) mass is 367 g/mol. The molecule has 2 amide bonds. The van der Waals surface area contributed by atoms with Crippen LogP contribution in [0.1, 0.15) is 25.6 Å². The molecule has 2 heterocycles. The molecule has 0 fully saturated rings. The molecule has 2 N–H and O–H groups in total. The predicted octanol–water partition coefficient (Wildman–Crippen LogP) is 3.96. The molecule has 2 aromatic heterocycles. The molecule has 132 valence electrons. The number of nitrogens with one attached hydrogen (secondary N) is 2. The number of carbonyl (C=O) groups is 2. The SMILES string of the molecule is COc1ccccc1C(=O)Nc1cnc(NC(=O)c2cccs2)cc1C. The van der Waals surface area contributed by atoms with Gasteiger partial charge in [-0.05, 0) is 42.1 Å². The first kappa shape index (κ1) is 17.6. The zero-order valence-corrected chi connectivity index (χ0v) is 15.1. The first-order valence-electron chi connectivity index (χ1n) is 7.84. The lowest BCUT2D eigenvalue weighted by Gasteiger charge is -2.12. The summed E-state index contributed by atoms with van der Waals surface area (Å²) in [5.41, 5.74) is 1.78. The van der Waals surface area contributed by atoms with Crippen LogP contribution >= 0.6 is 11.3 Å². The number of hydrogen-bond acceptors (Lipinski definition) is 5. The fourth-order valence-corrected chi connectivity index (χ4v) is 2.98. The minimum absolute atomic E-state index is 0.210. The van der Waals surface area contributed by atoms with E-state index in [4.69, 9.17) is 4.74 Å². The molecule has 0 aliphatic heterocycles. The molecule has 3 aromatic rings. The molecule has 0 aliphatic carbocycles. The Morgan fingerprint density at radius 2 is 1.88 bits per heavy atom. The average molecular weight is 367 g/mol. The second kappa shape index (κ2) is 7.79. The minimum Gasteiger partial charge on any atom is -0.496 e. The number of hydrogen-bond donors (Lipinski definition) is 2. The smallest absolute Gasteiger partial charge is 0.266 e. The van der Waals surface area contributed by atoms with E-state index in [1.807, 2.05) is 18.4 Å². The largest absolute Gasteiger partial charge is 0.496 e. The number of anilines is 2. The number of rotatable bonds is 5. The number of carbonyl (C=O) groups excluding carboxylic acids is 2. The number of methoxy groups -OCH3 is 1. The van der Waals surface area contributed by atoms with Gasteiger partial charge in [0.1, 0.15) is 11.6 Å². The summed E-state index contributed by atoms with van der Waals surface area (Å²) in [6, 6.07) is 12.3. The summed E-state index contributed by atoms with van der Waals surface area (Å²) in [4.78, 5) is 29.4. The van der Waals surface area contributed by atoms with Crippen LogP contribution in [0, 0.1) is 6.92 Å². The molecule has 3 rings (SSSR count).